The first-order chi connectivity index (χ1) is 16.5. The van der Waals surface area contributed by atoms with E-state index in [1.54, 1.807) is 55.5 Å². The van der Waals surface area contributed by atoms with E-state index in [-0.39, 0.29) is 11.8 Å². The number of methoxy groups -OCH3 is 1. The van der Waals surface area contributed by atoms with Gasteiger partial charge >= 0.3 is 0 Å². The number of aryl methyl sites for hydroxylation is 1. The number of fused-ring (bicyclic) bond motifs is 1. The second kappa shape index (κ2) is 10.5. The molecule has 4 aromatic rings. The normalized spacial score (nSPS) is 10.9. The topological polar surface area (TPSA) is 76.5 Å². The maximum atomic E-state index is 12.9. The van der Waals surface area contributed by atoms with E-state index in [1.807, 2.05) is 41.0 Å². The summed E-state index contributed by atoms with van der Waals surface area (Å²) in [5.41, 5.74) is 3.32. The van der Waals surface area contributed by atoms with Gasteiger partial charge in [0.05, 0.1) is 11.0 Å². The molecule has 7 nitrogen and oxygen atoms in total. The van der Waals surface area contributed by atoms with Crippen molar-refractivity contribution in [2.45, 2.75) is 13.0 Å². The molecule has 0 radical (unpaired) electrons. The van der Waals surface area contributed by atoms with E-state index in [1.165, 1.54) is 0 Å². The zero-order valence-corrected chi connectivity index (χ0v) is 19.7. The summed E-state index contributed by atoms with van der Waals surface area (Å²) in [4.78, 5) is 32.0. The molecule has 1 heterocycles. The molecule has 0 saturated heterocycles. The number of nitrogens with one attached hydrogen (secondary N) is 1. The van der Waals surface area contributed by atoms with E-state index in [9.17, 15) is 9.59 Å². The number of hydrogen-bond acceptors (Lipinski definition) is 4. The second-order valence-electron chi connectivity index (χ2n) is 7.80. The predicted octanol–water partition coefficient (Wildman–Crippen LogP) is 5.26. The van der Waals surface area contributed by atoms with Crippen LogP contribution in [0, 0.1) is 0 Å². The molecule has 34 heavy (non-hydrogen) atoms. The highest BCUT2D eigenvalue weighted by Crippen LogP contribution is 2.26. The smallest absolute Gasteiger partial charge is 0.258 e. The highest BCUT2D eigenvalue weighted by molar-refractivity contribution is 6.30. The summed E-state index contributed by atoms with van der Waals surface area (Å²) in [5, 5.41) is 3.47. The Kier molecular flexibility index (Phi) is 7.25. The lowest BCUT2D eigenvalue weighted by Crippen LogP contribution is -2.26. The van der Waals surface area contributed by atoms with Crippen LogP contribution < -0.4 is 10.2 Å². The summed E-state index contributed by atoms with van der Waals surface area (Å²) in [7, 11) is 3.39. The van der Waals surface area contributed by atoms with Crippen molar-refractivity contribution in [3.05, 3.63) is 88.9 Å². The fraction of sp³-hybridized carbons (Fsp3) is 0.192. The Morgan fingerprint density at radius 3 is 2.47 bits per heavy atom. The van der Waals surface area contributed by atoms with Crippen LogP contribution in [0.1, 0.15) is 27.1 Å². The zero-order valence-electron chi connectivity index (χ0n) is 19.0. The maximum absolute atomic E-state index is 12.9. The SMILES string of the molecule is COCCCn1c(NC(=O)c2ccc(Cl)cc2)nc2cc(N(C)C(=O)c3ccccc3)ccc21. The van der Waals surface area contributed by atoms with Gasteiger partial charge in [0.1, 0.15) is 0 Å². The molecule has 0 bridgehead atoms. The number of carbonyl (C=O) groups is 2. The van der Waals surface area contributed by atoms with Crippen molar-refractivity contribution >= 4 is 46.1 Å². The molecule has 0 atom stereocenters. The van der Waals surface area contributed by atoms with E-state index in [0.29, 0.717) is 46.5 Å². The molecular weight excluding hydrogens is 452 g/mol. The number of aromatic nitrogens is 2. The fourth-order valence-corrected chi connectivity index (χ4v) is 3.81. The summed E-state index contributed by atoms with van der Waals surface area (Å²) < 4.78 is 7.14. The highest BCUT2D eigenvalue weighted by atomic mass is 35.5. The van der Waals surface area contributed by atoms with Crippen LogP contribution in [0.2, 0.25) is 5.02 Å². The van der Waals surface area contributed by atoms with Gasteiger partial charge in [-0.15, -0.1) is 0 Å². The number of carbonyl (C=O) groups excluding carboxylic acids is 2. The molecule has 1 aromatic heterocycles. The lowest BCUT2D eigenvalue weighted by atomic mass is 10.2. The third-order valence-corrected chi connectivity index (χ3v) is 5.76. The van der Waals surface area contributed by atoms with Gasteiger partial charge in [0, 0.05) is 49.1 Å². The summed E-state index contributed by atoms with van der Waals surface area (Å²) in [6.45, 7) is 1.19. The minimum Gasteiger partial charge on any atom is -0.385 e. The number of rotatable bonds is 8. The highest BCUT2D eigenvalue weighted by Gasteiger charge is 2.18. The molecule has 8 heteroatoms. The largest absolute Gasteiger partial charge is 0.385 e. The summed E-state index contributed by atoms with van der Waals surface area (Å²) >= 11 is 5.94. The maximum Gasteiger partial charge on any atom is 0.258 e. The molecule has 0 aliphatic rings. The van der Waals surface area contributed by atoms with E-state index in [0.717, 1.165) is 11.9 Å². The van der Waals surface area contributed by atoms with Crippen molar-refractivity contribution in [3.8, 4) is 0 Å². The monoisotopic (exact) mass is 476 g/mol. The Balaban J connectivity index is 1.65. The Labute approximate surface area is 202 Å². The van der Waals surface area contributed by atoms with Gasteiger partial charge in [-0.3, -0.25) is 14.9 Å². The van der Waals surface area contributed by atoms with Gasteiger partial charge in [0.15, 0.2) is 0 Å². The number of amides is 2. The molecule has 0 aliphatic carbocycles. The number of hydrogen-bond donors (Lipinski definition) is 1. The van der Waals surface area contributed by atoms with Gasteiger partial charge in [0.2, 0.25) is 5.95 Å². The lowest BCUT2D eigenvalue weighted by molar-refractivity contribution is 0.0991. The molecular formula is C26H25ClN4O3. The molecule has 4 rings (SSSR count). The minimum atomic E-state index is -0.281. The molecule has 0 aliphatic heterocycles. The summed E-state index contributed by atoms with van der Waals surface area (Å²) in [5.74, 6) is 0.0348. The average molecular weight is 477 g/mol. The third kappa shape index (κ3) is 5.11. The second-order valence-corrected chi connectivity index (χ2v) is 8.23. The minimum absolute atomic E-state index is 0.115. The quantitative estimate of drug-likeness (QED) is 0.352. The van der Waals surface area contributed by atoms with Crippen molar-refractivity contribution in [2.24, 2.45) is 0 Å². The van der Waals surface area contributed by atoms with Crippen LogP contribution in [0.15, 0.2) is 72.8 Å². The van der Waals surface area contributed by atoms with Crippen LogP contribution in [-0.2, 0) is 11.3 Å². The van der Waals surface area contributed by atoms with Crippen molar-refractivity contribution in [1.82, 2.24) is 9.55 Å². The first kappa shape index (κ1) is 23.5. The zero-order chi connectivity index (χ0) is 24.1. The molecule has 174 valence electrons. The van der Waals surface area contributed by atoms with Crippen molar-refractivity contribution in [1.29, 1.82) is 0 Å². The average Bonchev–Trinajstić information content (AvgIpc) is 3.20. The molecule has 1 N–H and O–H groups in total. The lowest BCUT2D eigenvalue weighted by Gasteiger charge is -2.17. The number of ether oxygens (including phenoxy) is 1. The van der Waals surface area contributed by atoms with Crippen LogP contribution in [0.4, 0.5) is 11.6 Å². The molecule has 0 spiro atoms. The predicted molar refractivity (Wildman–Crippen MR) is 135 cm³/mol. The van der Waals surface area contributed by atoms with Crippen molar-refractivity contribution in [3.63, 3.8) is 0 Å². The molecule has 2 amide bonds. The van der Waals surface area contributed by atoms with Gasteiger partial charge in [-0.05, 0) is 61.0 Å². The molecule has 0 saturated carbocycles. The van der Waals surface area contributed by atoms with E-state index in [2.05, 4.69) is 10.3 Å². The third-order valence-electron chi connectivity index (χ3n) is 5.51. The van der Waals surface area contributed by atoms with Gasteiger partial charge in [0.25, 0.3) is 11.8 Å². The molecule has 3 aromatic carbocycles. The van der Waals surface area contributed by atoms with Crippen molar-refractivity contribution in [2.75, 3.05) is 31.0 Å². The standard InChI is InChI=1S/C26H25ClN4O3/c1-30(25(33)19-7-4-3-5-8-19)21-13-14-23-22(17-21)28-26(31(23)15-6-16-34-2)29-24(32)18-9-11-20(27)12-10-18/h3-5,7-14,17H,6,15-16H2,1-2H3,(H,28,29,32). The Morgan fingerprint density at radius 2 is 1.76 bits per heavy atom. The molecule has 0 unspecified atom stereocenters. The molecule has 0 fully saturated rings. The van der Waals surface area contributed by atoms with Crippen LogP contribution in [0.3, 0.4) is 0 Å². The van der Waals surface area contributed by atoms with Gasteiger partial charge in [-0.25, -0.2) is 4.98 Å². The van der Waals surface area contributed by atoms with E-state index < -0.39 is 0 Å². The summed E-state index contributed by atoms with van der Waals surface area (Å²) in [6.07, 6.45) is 0.750. The number of benzene rings is 3. The number of anilines is 2. The number of halogens is 1. The van der Waals surface area contributed by atoms with Crippen LogP contribution >= 0.6 is 11.6 Å². The Hall–Kier alpha value is -3.68. The van der Waals surface area contributed by atoms with Crippen molar-refractivity contribution < 1.29 is 14.3 Å². The summed E-state index contributed by atoms with van der Waals surface area (Å²) in [6, 6.07) is 21.4. The van der Waals surface area contributed by atoms with E-state index in [4.69, 9.17) is 16.3 Å². The first-order valence-electron chi connectivity index (χ1n) is 10.9. The fourth-order valence-electron chi connectivity index (χ4n) is 3.68. The van der Waals surface area contributed by atoms with Crippen LogP contribution in [0.5, 0.6) is 0 Å². The first-order valence-corrected chi connectivity index (χ1v) is 11.2. The van der Waals surface area contributed by atoms with E-state index >= 15 is 0 Å². The van der Waals surface area contributed by atoms with Crippen LogP contribution in [0.25, 0.3) is 11.0 Å². The van der Waals surface area contributed by atoms with Crippen LogP contribution in [-0.4, -0.2) is 42.1 Å². The van der Waals surface area contributed by atoms with Gasteiger partial charge in [-0.2, -0.15) is 0 Å². The van der Waals surface area contributed by atoms with Gasteiger partial charge < -0.3 is 14.2 Å². The number of imidazole rings is 1. The Morgan fingerprint density at radius 1 is 1.03 bits per heavy atom. The van der Waals surface area contributed by atoms with Gasteiger partial charge in [-0.1, -0.05) is 29.8 Å². The number of nitrogens with zero attached hydrogens (tertiary/aromatic N) is 3. The Bertz CT molecular complexity index is 1300.